The maximum Gasteiger partial charge on any atom is 0.416 e. The smallest absolute Gasteiger partial charge is 0.416 e. The molecule has 5 rings (SSSR count). The Morgan fingerprint density at radius 1 is 1.09 bits per heavy atom. The summed E-state index contributed by atoms with van der Waals surface area (Å²) >= 11 is 0. The van der Waals surface area contributed by atoms with E-state index in [9.17, 15) is 38.1 Å². The topological polar surface area (TPSA) is 142 Å². The van der Waals surface area contributed by atoms with E-state index in [-0.39, 0.29) is 48.9 Å². The maximum atomic E-state index is 13.9. The molecule has 3 aromatic rings. The first-order valence-corrected chi connectivity index (χ1v) is 13.3. The number of fused-ring (bicyclic) bond motifs is 3. The Labute approximate surface area is 243 Å². The number of furan rings is 1. The molecule has 0 unspecified atom stereocenters. The summed E-state index contributed by atoms with van der Waals surface area (Å²) in [6.45, 7) is -0.865. The molecule has 0 fully saturated rings. The van der Waals surface area contributed by atoms with Gasteiger partial charge in [-0.3, -0.25) is 9.59 Å². The van der Waals surface area contributed by atoms with Crippen LogP contribution < -0.4 is 14.8 Å². The maximum absolute atomic E-state index is 13.9. The van der Waals surface area contributed by atoms with E-state index < -0.39 is 47.7 Å². The largest absolute Gasteiger partial charge is 0.493 e. The molecular formula is C30H29F3N2O8. The summed E-state index contributed by atoms with van der Waals surface area (Å²) in [7, 11) is 1.40. The molecule has 10 nitrogen and oxygen atoms in total. The number of amides is 2. The Morgan fingerprint density at radius 2 is 1.84 bits per heavy atom. The third kappa shape index (κ3) is 5.83. The number of hydrogen-bond donors (Lipinski definition) is 4. The molecule has 0 spiro atoms. The van der Waals surface area contributed by atoms with Crippen LogP contribution in [0.15, 0.2) is 71.1 Å². The number of aliphatic hydroxyl groups excluding tert-OH is 3. The summed E-state index contributed by atoms with van der Waals surface area (Å²) in [5.41, 5.74) is 0.607. The Kier molecular flexibility index (Phi) is 8.49. The molecule has 1 aliphatic heterocycles. The molecule has 0 saturated heterocycles. The van der Waals surface area contributed by atoms with Gasteiger partial charge in [0.05, 0.1) is 50.4 Å². The molecule has 4 atom stereocenters. The summed E-state index contributed by atoms with van der Waals surface area (Å²) in [4.78, 5) is 28.6. The lowest BCUT2D eigenvalue weighted by atomic mass is 9.77. The van der Waals surface area contributed by atoms with E-state index in [4.69, 9.17) is 13.9 Å². The SMILES string of the molecule is COc1cc(CO)cc2c1O[C@@H]1[C@@H](O)[C@H](N(Cc3ccoc3)C(=O)c3ccc(C(F)(F)F)cc3)C=C(C(=O)NCCO)[C@H]21. The summed E-state index contributed by atoms with van der Waals surface area (Å²) in [6, 6.07) is 7.30. The summed E-state index contributed by atoms with van der Waals surface area (Å²) < 4.78 is 56.3. The van der Waals surface area contributed by atoms with Gasteiger partial charge < -0.3 is 39.4 Å². The first-order valence-electron chi connectivity index (χ1n) is 13.3. The van der Waals surface area contributed by atoms with Crippen LogP contribution in [0.2, 0.25) is 0 Å². The van der Waals surface area contributed by atoms with E-state index in [0.29, 0.717) is 16.7 Å². The van der Waals surface area contributed by atoms with Crippen molar-refractivity contribution < 1.29 is 52.0 Å². The third-order valence-electron chi connectivity index (χ3n) is 7.51. The van der Waals surface area contributed by atoms with Crippen molar-refractivity contribution in [3.05, 3.63) is 94.5 Å². The monoisotopic (exact) mass is 602 g/mol. The number of halogens is 3. The van der Waals surface area contributed by atoms with Crippen molar-refractivity contribution >= 4 is 11.8 Å². The quantitative estimate of drug-likeness (QED) is 0.293. The van der Waals surface area contributed by atoms with Gasteiger partial charge in [-0.15, -0.1) is 0 Å². The summed E-state index contributed by atoms with van der Waals surface area (Å²) in [5.74, 6) is -1.61. The van der Waals surface area contributed by atoms with Gasteiger partial charge in [0, 0.05) is 35.4 Å². The van der Waals surface area contributed by atoms with Gasteiger partial charge in [-0.2, -0.15) is 13.2 Å². The fraction of sp³-hybridized carbons (Fsp3) is 0.333. The number of carbonyl (C=O) groups is 2. The molecule has 0 saturated carbocycles. The van der Waals surface area contributed by atoms with E-state index in [2.05, 4.69) is 5.32 Å². The van der Waals surface area contributed by atoms with Crippen molar-refractivity contribution in [1.82, 2.24) is 10.2 Å². The third-order valence-corrected chi connectivity index (χ3v) is 7.51. The van der Waals surface area contributed by atoms with Crippen LogP contribution in [0.4, 0.5) is 13.2 Å². The van der Waals surface area contributed by atoms with Gasteiger partial charge in [-0.1, -0.05) is 0 Å². The molecular weight excluding hydrogens is 573 g/mol. The fourth-order valence-electron chi connectivity index (χ4n) is 5.48. The normalized spacial score (nSPS) is 20.9. The lowest BCUT2D eigenvalue weighted by molar-refractivity contribution is -0.137. The molecule has 0 bridgehead atoms. The zero-order valence-electron chi connectivity index (χ0n) is 22.9. The number of hydrogen-bond acceptors (Lipinski definition) is 8. The van der Waals surface area contributed by atoms with Gasteiger partial charge in [0.15, 0.2) is 11.5 Å². The number of nitrogens with zero attached hydrogens (tertiary/aromatic N) is 1. The van der Waals surface area contributed by atoms with Crippen LogP contribution in [0.5, 0.6) is 11.5 Å². The van der Waals surface area contributed by atoms with Crippen LogP contribution in [0.1, 0.15) is 38.5 Å². The zero-order valence-corrected chi connectivity index (χ0v) is 22.9. The van der Waals surface area contributed by atoms with Crippen LogP contribution >= 0.6 is 0 Å². The van der Waals surface area contributed by atoms with E-state index in [0.717, 1.165) is 24.3 Å². The van der Waals surface area contributed by atoms with Crippen molar-refractivity contribution in [2.45, 2.75) is 43.5 Å². The number of aliphatic hydroxyl groups is 3. The van der Waals surface area contributed by atoms with Crippen molar-refractivity contribution in [1.29, 1.82) is 0 Å². The Bertz CT molecular complexity index is 1500. The highest BCUT2D eigenvalue weighted by atomic mass is 19.4. The van der Waals surface area contributed by atoms with Crippen LogP contribution in [0.3, 0.4) is 0 Å². The van der Waals surface area contributed by atoms with Crippen LogP contribution in [-0.2, 0) is 24.1 Å². The fourth-order valence-corrected chi connectivity index (χ4v) is 5.48. The van der Waals surface area contributed by atoms with Gasteiger partial charge in [-0.05, 0) is 54.1 Å². The minimum Gasteiger partial charge on any atom is -0.493 e. The highest BCUT2D eigenvalue weighted by Gasteiger charge is 2.51. The molecule has 1 aliphatic carbocycles. The molecule has 1 aromatic heterocycles. The van der Waals surface area contributed by atoms with E-state index in [1.807, 2.05) is 0 Å². The van der Waals surface area contributed by atoms with Gasteiger partial charge in [0.2, 0.25) is 5.91 Å². The number of benzene rings is 2. The Hall–Kier alpha value is -4.33. The van der Waals surface area contributed by atoms with Crippen molar-refractivity contribution in [3.63, 3.8) is 0 Å². The molecule has 2 amide bonds. The predicted octanol–water partition coefficient (Wildman–Crippen LogP) is 2.76. The second-order valence-corrected chi connectivity index (χ2v) is 10.2. The van der Waals surface area contributed by atoms with Crippen LogP contribution in [0.25, 0.3) is 0 Å². The van der Waals surface area contributed by atoms with E-state index >= 15 is 0 Å². The Morgan fingerprint density at radius 3 is 2.44 bits per heavy atom. The van der Waals surface area contributed by atoms with Crippen molar-refractivity contribution in [2.24, 2.45) is 0 Å². The molecule has 4 N–H and O–H groups in total. The Balaban J connectivity index is 1.60. The second kappa shape index (κ2) is 12.1. The second-order valence-electron chi connectivity index (χ2n) is 10.2. The zero-order chi connectivity index (χ0) is 30.9. The standard InChI is InChI=1S/C30H29F3N2O8/c1-41-23-11-17(14-37)10-20-24-21(28(39)34-7-8-36)12-22(25(38)27(24)43-26(20)23)35(13-16-6-9-42-15-16)29(40)18-2-4-19(5-3-18)30(31,32)33/h2-6,9-12,15,22,24-25,27,36-38H,7-8,13-14H2,1H3,(H,34,39)/t22-,24+,25+,27+/m1/s1. The molecule has 2 aliphatic rings. The van der Waals surface area contributed by atoms with Gasteiger partial charge in [-0.25, -0.2) is 0 Å². The van der Waals surface area contributed by atoms with Crippen LogP contribution in [-0.4, -0.2) is 70.5 Å². The number of nitrogens with one attached hydrogen (secondary N) is 1. The first-order chi connectivity index (χ1) is 20.6. The molecule has 2 heterocycles. The van der Waals surface area contributed by atoms with Crippen molar-refractivity contribution in [2.75, 3.05) is 20.3 Å². The van der Waals surface area contributed by atoms with Gasteiger partial charge in [0.1, 0.15) is 12.2 Å². The molecule has 43 heavy (non-hydrogen) atoms. The molecule has 13 heteroatoms. The molecule has 2 aromatic carbocycles. The number of ether oxygens (including phenoxy) is 2. The number of carbonyl (C=O) groups excluding carboxylic acids is 2. The highest BCUT2D eigenvalue weighted by Crippen LogP contribution is 2.51. The van der Waals surface area contributed by atoms with E-state index in [1.54, 1.807) is 18.2 Å². The summed E-state index contributed by atoms with van der Waals surface area (Å²) in [5, 5.41) is 33.5. The number of rotatable bonds is 9. The van der Waals surface area contributed by atoms with E-state index in [1.165, 1.54) is 30.6 Å². The number of methoxy groups -OCH3 is 1. The first kappa shape index (κ1) is 30.1. The van der Waals surface area contributed by atoms with Gasteiger partial charge in [0.25, 0.3) is 5.91 Å². The molecule has 228 valence electrons. The minimum absolute atomic E-state index is 0.0717. The van der Waals surface area contributed by atoms with Crippen molar-refractivity contribution in [3.8, 4) is 11.5 Å². The number of alkyl halides is 3. The average molecular weight is 603 g/mol. The lowest BCUT2D eigenvalue weighted by Gasteiger charge is -2.40. The van der Waals surface area contributed by atoms with Crippen LogP contribution in [0, 0.1) is 0 Å². The summed E-state index contributed by atoms with van der Waals surface area (Å²) in [6.07, 6.45) is -2.91. The molecule has 0 radical (unpaired) electrons. The lowest BCUT2D eigenvalue weighted by Crippen LogP contribution is -2.55. The predicted molar refractivity (Wildman–Crippen MR) is 144 cm³/mol. The average Bonchev–Trinajstić information content (AvgIpc) is 3.66. The minimum atomic E-state index is -4.60. The van der Waals surface area contributed by atoms with Gasteiger partial charge >= 0.3 is 6.18 Å². The highest BCUT2D eigenvalue weighted by molar-refractivity contribution is 5.97.